The maximum atomic E-state index is 13.1. The van der Waals surface area contributed by atoms with Gasteiger partial charge in [-0.05, 0) is 49.2 Å². The molecule has 0 aliphatic rings. The van der Waals surface area contributed by atoms with Crippen molar-refractivity contribution in [2.24, 2.45) is 0 Å². The number of aromatic amines is 1. The maximum absolute atomic E-state index is 13.1. The van der Waals surface area contributed by atoms with Gasteiger partial charge in [0.05, 0.1) is 11.0 Å². The summed E-state index contributed by atoms with van der Waals surface area (Å²) >= 11 is 0. The summed E-state index contributed by atoms with van der Waals surface area (Å²) in [5, 5.41) is 2.76. The van der Waals surface area contributed by atoms with Crippen LogP contribution in [0, 0.1) is 5.82 Å². The molecule has 134 valence electrons. The van der Waals surface area contributed by atoms with Crippen molar-refractivity contribution in [3.63, 3.8) is 0 Å². The molecule has 6 nitrogen and oxygen atoms in total. The molecule has 3 aromatic rings. The highest BCUT2D eigenvalue weighted by molar-refractivity contribution is 5.97. The number of rotatable bonds is 5. The predicted octanol–water partition coefficient (Wildman–Crippen LogP) is 1.82. The Kier molecular flexibility index (Phi) is 4.97. The number of aromatic nitrogens is 2. The normalized spacial score (nSPS) is 10.8. The molecule has 0 spiro atoms. The molecule has 0 saturated carbocycles. The Hall–Kier alpha value is -3.22. The number of carbonyl (C=O) groups excluding carboxylic acids is 1. The molecule has 0 aliphatic heterocycles. The predicted molar refractivity (Wildman–Crippen MR) is 96.9 cm³/mol. The monoisotopic (exact) mass is 355 g/mol. The number of amides is 1. The summed E-state index contributed by atoms with van der Waals surface area (Å²) in [4.78, 5) is 38.4. The Bertz CT molecular complexity index is 1090. The van der Waals surface area contributed by atoms with Gasteiger partial charge in [-0.25, -0.2) is 4.39 Å². The Morgan fingerprint density at radius 1 is 1.19 bits per heavy atom. The van der Waals surface area contributed by atoms with Crippen LogP contribution in [0.1, 0.15) is 22.8 Å². The Morgan fingerprint density at radius 2 is 2.00 bits per heavy atom. The van der Waals surface area contributed by atoms with Crippen LogP contribution in [0.25, 0.3) is 11.0 Å². The van der Waals surface area contributed by atoms with Crippen LogP contribution < -0.4 is 16.4 Å². The molecule has 2 N–H and O–H groups in total. The summed E-state index contributed by atoms with van der Waals surface area (Å²) in [5.74, 6) is -0.618. The SMILES string of the molecule is CCn1c(=O)c(=O)[nH]c2cc(C(=O)NCCc3cccc(F)c3)ccc21. The van der Waals surface area contributed by atoms with Crippen LogP contribution >= 0.6 is 0 Å². The molecule has 3 rings (SSSR count). The minimum absolute atomic E-state index is 0.307. The standard InChI is InChI=1S/C19H18FN3O3/c1-2-23-16-7-6-13(11-15(16)22-18(25)19(23)26)17(24)21-9-8-12-4-3-5-14(20)10-12/h3-7,10-11H,2,8-9H2,1H3,(H,21,24)(H,22,25). The Balaban J connectivity index is 1.77. The molecule has 26 heavy (non-hydrogen) atoms. The van der Waals surface area contributed by atoms with Crippen molar-refractivity contribution in [3.05, 3.63) is 80.1 Å². The molecule has 0 bridgehead atoms. The van der Waals surface area contributed by atoms with E-state index in [0.29, 0.717) is 36.1 Å². The van der Waals surface area contributed by atoms with E-state index in [0.717, 1.165) is 5.56 Å². The highest BCUT2D eigenvalue weighted by Crippen LogP contribution is 2.12. The first-order valence-electron chi connectivity index (χ1n) is 8.29. The number of hydrogen-bond donors (Lipinski definition) is 2. The number of hydrogen-bond acceptors (Lipinski definition) is 3. The third kappa shape index (κ3) is 3.56. The highest BCUT2D eigenvalue weighted by atomic mass is 19.1. The van der Waals surface area contributed by atoms with Gasteiger partial charge in [-0.2, -0.15) is 0 Å². The zero-order valence-corrected chi connectivity index (χ0v) is 14.2. The van der Waals surface area contributed by atoms with E-state index in [1.807, 2.05) is 0 Å². The van der Waals surface area contributed by atoms with E-state index in [9.17, 15) is 18.8 Å². The molecule has 0 atom stereocenters. The summed E-state index contributed by atoms with van der Waals surface area (Å²) in [6.45, 7) is 2.48. The molecular formula is C19H18FN3O3. The van der Waals surface area contributed by atoms with E-state index in [1.165, 1.54) is 16.7 Å². The van der Waals surface area contributed by atoms with Crippen LogP contribution in [0.3, 0.4) is 0 Å². The van der Waals surface area contributed by atoms with Crippen LogP contribution in [0.2, 0.25) is 0 Å². The van der Waals surface area contributed by atoms with Gasteiger partial charge in [-0.1, -0.05) is 12.1 Å². The van der Waals surface area contributed by atoms with Gasteiger partial charge in [-0.15, -0.1) is 0 Å². The number of halogens is 1. The van der Waals surface area contributed by atoms with E-state index < -0.39 is 11.1 Å². The fourth-order valence-electron chi connectivity index (χ4n) is 2.85. The second-order valence-corrected chi connectivity index (χ2v) is 5.87. The van der Waals surface area contributed by atoms with E-state index in [4.69, 9.17) is 0 Å². The van der Waals surface area contributed by atoms with Gasteiger partial charge in [-0.3, -0.25) is 14.4 Å². The molecular weight excluding hydrogens is 337 g/mol. The minimum atomic E-state index is -0.719. The number of aryl methyl sites for hydroxylation is 1. The Morgan fingerprint density at radius 3 is 2.73 bits per heavy atom. The van der Waals surface area contributed by atoms with Gasteiger partial charge in [0.1, 0.15) is 5.82 Å². The molecule has 2 aromatic carbocycles. The molecule has 1 aromatic heterocycles. The summed E-state index contributed by atoms with van der Waals surface area (Å²) in [5.41, 5.74) is 0.812. The van der Waals surface area contributed by atoms with Crippen LogP contribution in [0.4, 0.5) is 4.39 Å². The number of nitrogens with zero attached hydrogens (tertiary/aromatic N) is 1. The van der Waals surface area contributed by atoms with Crippen molar-refractivity contribution in [1.29, 1.82) is 0 Å². The zero-order valence-electron chi connectivity index (χ0n) is 14.2. The first-order chi connectivity index (χ1) is 12.5. The zero-order chi connectivity index (χ0) is 18.7. The molecule has 0 saturated heterocycles. The van der Waals surface area contributed by atoms with Crippen molar-refractivity contribution in [1.82, 2.24) is 14.9 Å². The molecule has 0 aliphatic carbocycles. The smallest absolute Gasteiger partial charge is 0.316 e. The molecule has 1 heterocycles. The topological polar surface area (TPSA) is 84.0 Å². The summed E-state index contributed by atoms with van der Waals surface area (Å²) in [6, 6.07) is 11.0. The van der Waals surface area contributed by atoms with E-state index in [-0.39, 0.29) is 11.7 Å². The van der Waals surface area contributed by atoms with Gasteiger partial charge >= 0.3 is 11.1 Å². The number of H-pyrrole nitrogens is 1. The van der Waals surface area contributed by atoms with Gasteiger partial charge in [0.2, 0.25) is 0 Å². The Labute approximate surface area is 148 Å². The lowest BCUT2D eigenvalue weighted by Gasteiger charge is -2.09. The quantitative estimate of drug-likeness (QED) is 0.685. The number of nitrogens with one attached hydrogen (secondary N) is 2. The van der Waals surface area contributed by atoms with Gasteiger partial charge < -0.3 is 14.9 Å². The summed E-state index contributed by atoms with van der Waals surface area (Å²) < 4.78 is 14.5. The van der Waals surface area contributed by atoms with Crippen LogP contribution in [0.15, 0.2) is 52.1 Å². The third-order valence-electron chi connectivity index (χ3n) is 4.14. The van der Waals surface area contributed by atoms with Crippen molar-refractivity contribution in [2.75, 3.05) is 6.54 Å². The lowest BCUT2D eigenvalue weighted by Crippen LogP contribution is -2.36. The third-order valence-corrected chi connectivity index (χ3v) is 4.14. The van der Waals surface area contributed by atoms with Crippen molar-refractivity contribution >= 4 is 16.9 Å². The molecule has 1 amide bonds. The van der Waals surface area contributed by atoms with E-state index >= 15 is 0 Å². The maximum Gasteiger partial charge on any atom is 0.316 e. The van der Waals surface area contributed by atoms with Crippen LogP contribution in [-0.2, 0) is 13.0 Å². The lowest BCUT2D eigenvalue weighted by atomic mass is 10.1. The molecule has 0 fully saturated rings. The first kappa shape index (κ1) is 17.6. The van der Waals surface area contributed by atoms with Gasteiger partial charge in [0.25, 0.3) is 5.91 Å². The number of carbonyl (C=O) groups is 1. The molecule has 0 unspecified atom stereocenters. The van der Waals surface area contributed by atoms with Gasteiger partial charge in [0, 0.05) is 18.7 Å². The second kappa shape index (κ2) is 7.35. The fraction of sp³-hybridized carbons (Fsp3) is 0.211. The summed E-state index contributed by atoms with van der Waals surface area (Å²) in [7, 11) is 0. The highest BCUT2D eigenvalue weighted by Gasteiger charge is 2.10. The van der Waals surface area contributed by atoms with Crippen LogP contribution in [-0.4, -0.2) is 22.0 Å². The first-order valence-corrected chi connectivity index (χ1v) is 8.29. The minimum Gasteiger partial charge on any atom is -0.352 e. The van der Waals surface area contributed by atoms with Crippen molar-refractivity contribution in [2.45, 2.75) is 19.9 Å². The lowest BCUT2D eigenvalue weighted by molar-refractivity contribution is 0.0954. The van der Waals surface area contributed by atoms with Crippen molar-refractivity contribution < 1.29 is 9.18 Å². The largest absolute Gasteiger partial charge is 0.352 e. The average molecular weight is 355 g/mol. The van der Waals surface area contributed by atoms with Crippen LogP contribution in [0.5, 0.6) is 0 Å². The fourth-order valence-corrected chi connectivity index (χ4v) is 2.85. The van der Waals surface area contributed by atoms with E-state index in [1.54, 1.807) is 37.3 Å². The average Bonchev–Trinajstić information content (AvgIpc) is 2.62. The molecule has 7 heteroatoms. The summed E-state index contributed by atoms with van der Waals surface area (Å²) in [6.07, 6.45) is 0.503. The van der Waals surface area contributed by atoms with Crippen molar-refractivity contribution in [3.8, 4) is 0 Å². The number of fused-ring (bicyclic) bond motifs is 1. The number of benzene rings is 2. The van der Waals surface area contributed by atoms with E-state index in [2.05, 4.69) is 10.3 Å². The molecule has 0 radical (unpaired) electrons. The van der Waals surface area contributed by atoms with Gasteiger partial charge in [0.15, 0.2) is 0 Å². The second-order valence-electron chi connectivity index (χ2n) is 5.87.